The zero-order chi connectivity index (χ0) is 14.9. The monoisotopic (exact) mass is 267 g/mol. The lowest BCUT2D eigenvalue weighted by Crippen LogP contribution is -2.28. The van der Waals surface area contributed by atoms with Crippen LogP contribution in [-0.4, -0.2) is 11.6 Å². The van der Waals surface area contributed by atoms with E-state index in [4.69, 9.17) is 10.1 Å². The summed E-state index contributed by atoms with van der Waals surface area (Å²) in [4.78, 5) is 20.1. The summed E-state index contributed by atoms with van der Waals surface area (Å²) in [6, 6.07) is 2.05. The third-order valence-corrected chi connectivity index (χ3v) is 2.91. The van der Waals surface area contributed by atoms with Gasteiger partial charge in [-0.15, -0.1) is 0 Å². The van der Waals surface area contributed by atoms with Crippen LogP contribution in [0.3, 0.4) is 0 Å². The minimum Gasteiger partial charge on any atom is -0.297 e. The fourth-order valence-electron chi connectivity index (χ4n) is 1.59. The van der Waals surface area contributed by atoms with E-state index in [0.717, 1.165) is 19.3 Å². The van der Waals surface area contributed by atoms with Gasteiger partial charge in [-0.1, -0.05) is 18.6 Å². The predicted octanol–water partition coefficient (Wildman–Crippen LogP) is 3.93. The van der Waals surface area contributed by atoms with Gasteiger partial charge in [0.2, 0.25) is 0 Å². The molecule has 0 bridgehead atoms. The Bertz CT molecular complexity index is 353. The second kappa shape index (κ2) is 8.71. The van der Waals surface area contributed by atoms with Crippen LogP contribution in [0.1, 0.15) is 60.3 Å². The fraction of sp³-hybridized carbons (Fsp3) is 0.733. The van der Waals surface area contributed by atoms with E-state index in [0.29, 0.717) is 12.3 Å². The molecule has 0 aromatic heterocycles. The first-order chi connectivity index (χ1) is 8.79. The summed E-state index contributed by atoms with van der Waals surface area (Å²) in [5, 5.41) is 9.08. The van der Waals surface area contributed by atoms with E-state index >= 15 is 0 Å². The van der Waals surface area contributed by atoms with Gasteiger partial charge in [0.15, 0.2) is 5.60 Å². The van der Waals surface area contributed by atoms with Crippen molar-refractivity contribution in [1.29, 1.82) is 5.26 Å². The van der Waals surface area contributed by atoms with Gasteiger partial charge in [-0.25, -0.2) is 4.79 Å². The molecule has 0 saturated heterocycles. The van der Waals surface area contributed by atoms with E-state index < -0.39 is 11.6 Å². The molecule has 0 heterocycles. The maximum Gasteiger partial charge on any atom is 0.339 e. The van der Waals surface area contributed by atoms with Crippen LogP contribution in [-0.2, 0) is 14.6 Å². The van der Waals surface area contributed by atoms with E-state index in [2.05, 4.69) is 37.8 Å². The molecule has 108 valence electrons. The molecule has 0 N–H and O–H groups in total. The Morgan fingerprint density at radius 3 is 2.47 bits per heavy atom. The number of allylic oxidation sites excluding steroid dienone is 2. The average Bonchev–Trinajstić information content (AvgIpc) is 2.33. The molecule has 0 rings (SSSR count). The molecule has 0 fully saturated rings. The number of nitriles is 1. The maximum absolute atomic E-state index is 10.7. The molecule has 19 heavy (non-hydrogen) atoms. The van der Waals surface area contributed by atoms with Crippen molar-refractivity contribution >= 4 is 5.97 Å². The molecule has 0 aromatic carbocycles. The van der Waals surface area contributed by atoms with Gasteiger partial charge in [0.05, 0.1) is 0 Å². The quantitative estimate of drug-likeness (QED) is 0.380. The van der Waals surface area contributed by atoms with E-state index in [1.54, 1.807) is 6.92 Å². The number of nitrogens with zero attached hydrogens (tertiary/aromatic N) is 1. The van der Waals surface area contributed by atoms with Crippen LogP contribution >= 0.6 is 0 Å². The Hall–Kier alpha value is -1.34. The van der Waals surface area contributed by atoms with E-state index in [1.807, 2.05) is 0 Å². The third kappa shape index (κ3) is 9.26. The standard InChI is InChI=1S/C15H25NO3/c1-12(2)7-6-8-13(3)9-10-15(5,11-16)19-18-14(4)17/h7,13H,6,8-10H2,1-5H3. The second-order valence-electron chi connectivity index (χ2n) is 5.50. The molecule has 4 heteroatoms. The fourth-order valence-corrected chi connectivity index (χ4v) is 1.59. The number of carbonyl (C=O) groups excluding carboxylic acids is 1. The molecule has 0 aliphatic carbocycles. The smallest absolute Gasteiger partial charge is 0.297 e. The van der Waals surface area contributed by atoms with E-state index in [-0.39, 0.29) is 0 Å². The van der Waals surface area contributed by atoms with Crippen LogP contribution in [0.2, 0.25) is 0 Å². The van der Waals surface area contributed by atoms with Crippen molar-refractivity contribution < 1.29 is 14.6 Å². The van der Waals surface area contributed by atoms with Gasteiger partial charge in [0.25, 0.3) is 0 Å². The molecule has 0 aliphatic rings. The van der Waals surface area contributed by atoms with Crippen LogP contribution in [0, 0.1) is 17.2 Å². The SMILES string of the molecule is CC(=O)OOC(C)(C#N)CCC(C)CCC=C(C)C. The zero-order valence-corrected chi connectivity index (χ0v) is 12.7. The van der Waals surface area contributed by atoms with Gasteiger partial charge in [0, 0.05) is 6.92 Å². The van der Waals surface area contributed by atoms with Crippen molar-refractivity contribution in [2.75, 3.05) is 0 Å². The predicted molar refractivity (Wildman–Crippen MR) is 73.9 cm³/mol. The first-order valence-electron chi connectivity index (χ1n) is 6.70. The molecular weight excluding hydrogens is 242 g/mol. The van der Waals surface area contributed by atoms with Gasteiger partial charge < -0.3 is 0 Å². The Morgan fingerprint density at radius 1 is 1.37 bits per heavy atom. The first kappa shape index (κ1) is 17.7. The molecule has 4 nitrogen and oxygen atoms in total. The topological polar surface area (TPSA) is 59.3 Å². The normalized spacial score (nSPS) is 14.9. The lowest BCUT2D eigenvalue weighted by Gasteiger charge is -2.21. The summed E-state index contributed by atoms with van der Waals surface area (Å²) in [6.45, 7) is 9.22. The van der Waals surface area contributed by atoms with Crippen molar-refractivity contribution in [3.63, 3.8) is 0 Å². The molecule has 0 aromatic rings. The van der Waals surface area contributed by atoms with Crippen molar-refractivity contribution in [1.82, 2.24) is 0 Å². The molecule has 0 spiro atoms. The van der Waals surface area contributed by atoms with Gasteiger partial charge in [-0.2, -0.15) is 10.1 Å². The van der Waals surface area contributed by atoms with Gasteiger partial charge in [-0.3, -0.25) is 4.89 Å². The summed E-state index contributed by atoms with van der Waals surface area (Å²) < 4.78 is 0. The first-order valence-corrected chi connectivity index (χ1v) is 6.70. The van der Waals surface area contributed by atoms with Crippen molar-refractivity contribution in [3.05, 3.63) is 11.6 Å². The highest BCUT2D eigenvalue weighted by Gasteiger charge is 2.28. The summed E-state index contributed by atoms with van der Waals surface area (Å²) in [7, 11) is 0. The minimum atomic E-state index is -1.06. The van der Waals surface area contributed by atoms with Crippen LogP contribution in [0.5, 0.6) is 0 Å². The summed E-state index contributed by atoms with van der Waals surface area (Å²) in [6.07, 6.45) is 5.77. The number of hydrogen-bond donors (Lipinski definition) is 0. The van der Waals surface area contributed by atoms with Crippen LogP contribution in [0.25, 0.3) is 0 Å². The Morgan fingerprint density at radius 2 is 2.00 bits per heavy atom. The Kier molecular flexibility index (Phi) is 8.09. The third-order valence-electron chi connectivity index (χ3n) is 2.91. The minimum absolute atomic E-state index is 0.504. The largest absolute Gasteiger partial charge is 0.339 e. The lowest BCUT2D eigenvalue weighted by molar-refractivity contribution is -0.314. The lowest BCUT2D eigenvalue weighted by atomic mass is 9.92. The highest BCUT2D eigenvalue weighted by atomic mass is 17.2. The van der Waals surface area contributed by atoms with Crippen molar-refractivity contribution in [2.45, 2.75) is 65.9 Å². The zero-order valence-electron chi connectivity index (χ0n) is 12.7. The van der Waals surface area contributed by atoms with Crippen molar-refractivity contribution in [2.24, 2.45) is 5.92 Å². The highest BCUT2D eigenvalue weighted by molar-refractivity contribution is 5.65. The molecule has 0 radical (unpaired) electrons. The number of rotatable bonds is 8. The molecule has 0 aliphatic heterocycles. The maximum atomic E-state index is 10.7. The second-order valence-corrected chi connectivity index (χ2v) is 5.50. The van der Waals surface area contributed by atoms with Crippen LogP contribution < -0.4 is 0 Å². The highest BCUT2D eigenvalue weighted by Crippen LogP contribution is 2.23. The number of hydrogen-bond acceptors (Lipinski definition) is 4. The molecule has 2 unspecified atom stereocenters. The average molecular weight is 267 g/mol. The van der Waals surface area contributed by atoms with E-state index in [9.17, 15) is 4.79 Å². The molecule has 0 amide bonds. The molecular formula is C15H25NO3. The van der Waals surface area contributed by atoms with Crippen LogP contribution in [0.4, 0.5) is 0 Å². The van der Waals surface area contributed by atoms with Crippen molar-refractivity contribution in [3.8, 4) is 6.07 Å². The number of carbonyl (C=O) groups is 1. The summed E-state index contributed by atoms with van der Waals surface area (Å²) >= 11 is 0. The molecule has 0 saturated carbocycles. The molecule has 2 atom stereocenters. The van der Waals surface area contributed by atoms with E-state index in [1.165, 1.54) is 12.5 Å². The van der Waals surface area contributed by atoms with Crippen LogP contribution in [0.15, 0.2) is 11.6 Å². The Balaban J connectivity index is 4.09. The van der Waals surface area contributed by atoms with Gasteiger partial charge in [0.1, 0.15) is 6.07 Å². The summed E-state index contributed by atoms with van der Waals surface area (Å²) in [5.41, 5.74) is 0.267. The van der Waals surface area contributed by atoms with Gasteiger partial charge in [-0.05, 0) is 52.4 Å². The summed E-state index contributed by atoms with van der Waals surface area (Å²) in [5.74, 6) is -0.0396. The van der Waals surface area contributed by atoms with Gasteiger partial charge >= 0.3 is 5.97 Å². The Labute approximate surface area is 116 Å².